The zero-order chi connectivity index (χ0) is 19.2. The Balaban J connectivity index is 2.77. The SMILES string of the molecule is CCCCCCN(CCCCCC)c1ccc(/C=C(\C#N)C(=O)O)cc1. The van der Waals surface area contributed by atoms with E-state index in [4.69, 9.17) is 10.4 Å². The second-order valence-corrected chi connectivity index (χ2v) is 6.67. The topological polar surface area (TPSA) is 64.3 Å². The number of carbonyl (C=O) groups is 1. The van der Waals surface area contributed by atoms with Gasteiger partial charge in [-0.2, -0.15) is 5.26 Å². The van der Waals surface area contributed by atoms with E-state index in [9.17, 15) is 4.79 Å². The molecule has 0 aliphatic heterocycles. The Morgan fingerprint density at radius 3 is 1.96 bits per heavy atom. The lowest BCUT2D eigenvalue weighted by molar-refractivity contribution is -0.132. The molecule has 0 radical (unpaired) electrons. The number of unbranched alkanes of at least 4 members (excludes halogenated alkanes) is 6. The lowest BCUT2D eigenvalue weighted by Crippen LogP contribution is -2.25. The van der Waals surface area contributed by atoms with Crippen LogP contribution in [0.1, 0.15) is 70.8 Å². The number of benzene rings is 1. The molecule has 0 saturated carbocycles. The first-order chi connectivity index (χ1) is 12.6. The molecule has 0 aliphatic carbocycles. The Labute approximate surface area is 158 Å². The molecule has 4 nitrogen and oxygen atoms in total. The first-order valence-electron chi connectivity index (χ1n) is 9.82. The quantitative estimate of drug-likeness (QED) is 0.282. The van der Waals surface area contributed by atoms with Crippen LogP contribution < -0.4 is 4.90 Å². The van der Waals surface area contributed by atoms with E-state index in [0.717, 1.165) is 18.7 Å². The van der Waals surface area contributed by atoms with E-state index in [1.165, 1.54) is 63.1 Å². The molecule has 1 N–H and O–H groups in total. The van der Waals surface area contributed by atoms with Crippen molar-refractivity contribution in [1.29, 1.82) is 5.26 Å². The Bertz CT molecular complexity index is 588. The number of anilines is 1. The summed E-state index contributed by atoms with van der Waals surface area (Å²) < 4.78 is 0. The molecule has 4 heteroatoms. The minimum absolute atomic E-state index is 0.242. The van der Waals surface area contributed by atoms with Crippen LogP contribution in [-0.2, 0) is 4.79 Å². The zero-order valence-electron chi connectivity index (χ0n) is 16.2. The minimum Gasteiger partial charge on any atom is -0.477 e. The van der Waals surface area contributed by atoms with Gasteiger partial charge in [-0.25, -0.2) is 4.79 Å². The van der Waals surface area contributed by atoms with Crippen LogP contribution in [0.3, 0.4) is 0 Å². The van der Waals surface area contributed by atoms with Gasteiger partial charge >= 0.3 is 5.97 Å². The molecule has 0 saturated heterocycles. The molecule has 0 bridgehead atoms. The molecule has 1 rings (SSSR count). The van der Waals surface area contributed by atoms with E-state index in [0.29, 0.717) is 0 Å². The molecule has 142 valence electrons. The van der Waals surface area contributed by atoms with Crippen LogP contribution in [0.5, 0.6) is 0 Å². The predicted molar refractivity (Wildman–Crippen MR) is 108 cm³/mol. The Morgan fingerprint density at radius 1 is 1.00 bits per heavy atom. The van der Waals surface area contributed by atoms with Crippen molar-refractivity contribution < 1.29 is 9.90 Å². The van der Waals surface area contributed by atoms with E-state index in [2.05, 4.69) is 18.7 Å². The van der Waals surface area contributed by atoms with Gasteiger partial charge in [-0.1, -0.05) is 64.5 Å². The summed E-state index contributed by atoms with van der Waals surface area (Å²) in [6.07, 6.45) is 11.4. The lowest BCUT2D eigenvalue weighted by Gasteiger charge is -2.25. The molecule has 0 fully saturated rings. The van der Waals surface area contributed by atoms with Crippen molar-refractivity contribution in [2.24, 2.45) is 0 Å². The number of carboxylic acids is 1. The summed E-state index contributed by atoms with van der Waals surface area (Å²) in [5, 5.41) is 17.8. The highest BCUT2D eigenvalue weighted by atomic mass is 16.4. The number of aliphatic carboxylic acids is 1. The van der Waals surface area contributed by atoms with E-state index in [-0.39, 0.29) is 5.57 Å². The van der Waals surface area contributed by atoms with E-state index in [1.807, 2.05) is 24.3 Å². The number of hydrogen-bond donors (Lipinski definition) is 1. The number of hydrogen-bond acceptors (Lipinski definition) is 3. The zero-order valence-corrected chi connectivity index (χ0v) is 16.2. The monoisotopic (exact) mass is 356 g/mol. The van der Waals surface area contributed by atoms with Crippen molar-refractivity contribution in [1.82, 2.24) is 0 Å². The van der Waals surface area contributed by atoms with Gasteiger partial charge in [0, 0.05) is 18.8 Å². The highest BCUT2D eigenvalue weighted by Gasteiger charge is 2.08. The standard InChI is InChI=1S/C22H32N2O2/c1-3-5-7-9-15-24(16-10-8-6-4-2)21-13-11-19(12-14-21)17-20(18-23)22(25)26/h11-14,17H,3-10,15-16H2,1-2H3,(H,25,26)/b20-17+. The van der Waals surface area contributed by atoms with Crippen LogP contribution in [0.2, 0.25) is 0 Å². The van der Waals surface area contributed by atoms with Gasteiger partial charge in [0.15, 0.2) is 0 Å². The molecule has 0 amide bonds. The van der Waals surface area contributed by atoms with Crippen LogP contribution in [0.4, 0.5) is 5.69 Å². The summed E-state index contributed by atoms with van der Waals surface area (Å²) in [5.74, 6) is -1.19. The summed E-state index contributed by atoms with van der Waals surface area (Å²) in [6.45, 7) is 6.56. The van der Waals surface area contributed by atoms with E-state index < -0.39 is 5.97 Å². The summed E-state index contributed by atoms with van der Waals surface area (Å²) in [6, 6.07) is 9.56. The van der Waals surface area contributed by atoms with Crippen LogP contribution >= 0.6 is 0 Å². The second-order valence-electron chi connectivity index (χ2n) is 6.67. The fourth-order valence-corrected chi connectivity index (χ4v) is 2.92. The fourth-order valence-electron chi connectivity index (χ4n) is 2.92. The Morgan fingerprint density at radius 2 is 1.54 bits per heavy atom. The lowest BCUT2D eigenvalue weighted by atomic mass is 10.1. The van der Waals surface area contributed by atoms with Crippen molar-refractivity contribution in [3.63, 3.8) is 0 Å². The second kappa shape index (κ2) is 13.0. The number of rotatable bonds is 13. The van der Waals surface area contributed by atoms with Crippen molar-refractivity contribution in [3.8, 4) is 6.07 Å². The van der Waals surface area contributed by atoms with Crippen molar-refractivity contribution >= 4 is 17.7 Å². The first kappa shape index (κ1) is 21.8. The molecule has 0 aliphatic rings. The van der Waals surface area contributed by atoms with Gasteiger partial charge in [-0.3, -0.25) is 0 Å². The summed E-state index contributed by atoms with van der Waals surface area (Å²) >= 11 is 0. The van der Waals surface area contributed by atoms with E-state index >= 15 is 0 Å². The van der Waals surface area contributed by atoms with Gasteiger partial charge < -0.3 is 10.0 Å². The smallest absolute Gasteiger partial charge is 0.346 e. The van der Waals surface area contributed by atoms with Crippen molar-refractivity contribution in [2.45, 2.75) is 65.2 Å². The third-order valence-corrected chi connectivity index (χ3v) is 4.48. The molecular formula is C22H32N2O2. The van der Waals surface area contributed by atoms with Crippen LogP contribution in [-0.4, -0.2) is 24.2 Å². The third kappa shape index (κ3) is 8.20. The molecule has 26 heavy (non-hydrogen) atoms. The van der Waals surface area contributed by atoms with Gasteiger partial charge in [-0.05, 0) is 36.6 Å². The van der Waals surface area contributed by atoms with Crippen molar-refractivity contribution in [2.75, 3.05) is 18.0 Å². The van der Waals surface area contributed by atoms with Gasteiger partial charge in [-0.15, -0.1) is 0 Å². The van der Waals surface area contributed by atoms with Gasteiger partial charge in [0.05, 0.1) is 0 Å². The highest BCUT2D eigenvalue weighted by molar-refractivity contribution is 5.96. The summed E-state index contributed by atoms with van der Waals surface area (Å²) in [5.41, 5.74) is 1.67. The molecule has 0 atom stereocenters. The van der Waals surface area contributed by atoms with Crippen molar-refractivity contribution in [3.05, 3.63) is 35.4 Å². The molecule has 0 heterocycles. The predicted octanol–water partition coefficient (Wildman–Crippen LogP) is 5.65. The normalized spacial score (nSPS) is 11.2. The summed E-state index contributed by atoms with van der Waals surface area (Å²) in [4.78, 5) is 13.4. The van der Waals surface area contributed by atoms with Gasteiger partial charge in [0.1, 0.15) is 11.6 Å². The number of carboxylic acid groups (broad SMARTS) is 1. The van der Waals surface area contributed by atoms with Gasteiger partial charge in [0.2, 0.25) is 0 Å². The van der Waals surface area contributed by atoms with Gasteiger partial charge in [0.25, 0.3) is 0 Å². The summed E-state index contributed by atoms with van der Waals surface area (Å²) in [7, 11) is 0. The maximum absolute atomic E-state index is 11.0. The van der Waals surface area contributed by atoms with E-state index in [1.54, 1.807) is 6.07 Å². The number of nitriles is 1. The largest absolute Gasteiger partial charge is 0.477 e. The van der Waals surface area contributed by atoms with Crippen LogP contribution in [0, 0.1) is 11.3 Å². The third-order valence-electron chi connectivity index (χ3n) is 4.48. The fraction of sp³-hybridized carbons (Fsp3) is 0.545. The Kier molecular flexibility index (Phi) is 10.9. The molecule has 1 aromatic carbocycles. The molecule has 0 unspecified atom stereocenters. The Hall–Kier alpha value is -2.28. The molecule has 1 aromatic rings. The average Bonchev–Trinajstić information content (AvgIpc) is 2.65. The maximum atomic E-state index is 11.0. The van der Waals surface area contributed by atoms with Crippen LogP contribution in [0.15, 0.2) is 29.8 Å². The highest BCUT2D eigenvalue weighted by Crippen LogP contribution is 2.19. The van der Waals surface area contributed by atoms with Crippen LogP contribution in [0.25, 0.3) is 6.08 Å². The molecule has 0 spiro atoms. The average molecular weight is 357 g/mol. The molecule has 0 aromatic heterocycles. The first-order valence-corrected chi connectivity index (χ1v) is 9.82. The maximum Gasteiger partial charge on any atom is 0.346 e. The number of nitrogens with zero attached hydrogens (tertiary/aromatic N) is 2. The molecular weight excluding hydrogens is 324 g/mol. The minimum atomic E-state index is -1.19.